The van der Waals surface area contributed by atoms with Crippen molar-refractivity contribution in [2.24, 2.45) is 0 Å². The van der Waals surface area contributed by atoms with Crippen LogP contribution in [0.1, 0.15) is 32.4 Å². The first-order valence-electron chi connectivity index (χ1n) is 4.77. The van der Waals surface area contributed by atoms with Gasteiger partial charge in [0, 0.05) is 5.21 Å². The lowest BCUT2D eigenvalue weighted by Gasteiger charge is -1.97. The van der Waals surface area contributed by atoms with Gasteiger partial charge in [-0.3, -0.25) is 0 Å². The Bertz CT molecular complexity index is 298. The summed E-state index contributed by atoms with van der Waals surface area (Å²) in [5, 5.41) is 18.3. The molecule has 0 aromatic carbocycles. The van der Waals surface area contributed by atoms with Crippen LogP contribution in [0.25, 0.3) is 0 Å². The number of hydrogen-bond donors (Lipinski definition) is 0. The highest BCUT2D eigenvalue weighted by molar-refractivity contribution is 5.25. The summed E-state index contributed by atoms with van der Waals surface area (Å²) < 4.78 is 1.37. The Hall–Kier alpha value is -1.46. The van der Waals surface area contributed by atoms with Crippen molar-refractivity contribution in [3.8, 4) is 0 Å². The van der Waals surface area contributed by atoms with Crippen molar-refractivity contribution in [1.29, 1.82) is 0 Å². The molecular weight excluding hydrogens is 184 g/mol. The monoisotopic (exact) mass is 198 g/mol. The van der Waals surface area contributed by atoms with Crippen LogP contribution in [0.4, 0.5) is 5.82 Å². The Morgan fingerprint density at radius 3 is 2.64 bits per heavy atom. The van der Waals surface area contributed by atoms with Crippen LogP contribution in [-0.2, 0) is 13.0 Å². The van der Waals surface area contributed by atoms with Crippen LogP contribution in [0.2, 0.25) is 0 Å². The van der Waals surface area contributed by atoms with Crippen molar-refractivity contribution in [1.82, 2.24) is 15.0 Å². The fourth-order valence-corrected chi connectivity index (χ4v) is 1.30. The maximum absolute atomic E-state index is 10.8. The quantitative estimate of drug-likeness (QED) is 0.531. The predicted octanol–water partition coefficient (Wildman–Crippen LogP) is 1.55. The molecule has 6 nitrogen and oxygen atoms in total. The van der Waals surface area contributed by atoms with E-state index in [2.05, 4.69) is 10.3 Å². The number of rotatable bonds is 5. The molecular formula is C8H14N4O2. The van der Waals surface area contributed by atoms with Crippen LogP contribution < -0.4 is 0 Å². The van der Waals surface area contributed by atoms with Crippen LogP contribution >= 0.6 is 0 Å². The minimum atomic E-state index is -0.402. The highest BCUT2D eigenvalue weighted by Gasteiger charge is 2.22. The average Bonchev–Trinajstić information content (AvgIpc) is 2.49. The van der Waals surface area contributed by atoms with Crippen LogP contribution in [0.15, 0.2) is 0 Å². The third-order valence-corrected chi connectivity index (χ3v) is 1.87. The molecule has 0 aliphatic rings. The third-order valence-electron chi connectivity index (χ3n) is 1.87. The molecule has 1 rings (SSSR count). The van der Waals surface area contributed by atoms with Gasteiger partial charge in [-0.2, -0.15) is 0 Å². The molecule has 1 aromatic rings. The van der Waals surface area contributed by atoms with Crippen LogP contribution in [0.5, 0.6) is 0 Å². The summed E-state index contributed by atoms with van der Waals surface area (Å²) in [5.74, 6) is 0.0497. The fraction of sp³-hybridized carbons (Fsp3) is 0.750. The Kier molecular flexibility index (Phi) is 3.55. The highest BCUT2D eigenvalue weighted by Crippen LogP contribution is 2.17. The second-order valence-corrected chi connectivity index (χ2v) is 3.09. The lowest BCUT2D eigenvalue weighted by Crippen LogP contribution is -2.05. The zero-order valence-corrected chi connectivity index (χ0v) is 8.43. The maximum atomic E-state index is 10.8. The van der Waals surface area contributed by atoms with E-state index in [9.17, 15) is 10.1 Å². The Labute approximate surface area is 82.1 Å². The molecule has 0 saturated carbocycles. The molecule has 0 aliphatic carbocycles. The number of aryl methyl sites for hydroxylation is 2. The third kappa shape index (κ3) is 2.07. The predicted molar refractivity (Wildman–Crippen MR) is 51.0 cm³/mol. The molecule has 1 heterocycles. The summed E-state index contributed by atoms with van der Waals surface area (Å²) >= 11 is 0. The fourth-order valence-electron chi connectivity index (χ4n) is 1.30. The molecule has 6 heteroatoms. The topological polar surface area (TPSA) is 73.8 Å². The summed E-state index contributed by atoms with van der Waals surface area (Å²) in [6.45, 7) is 4.46. The number of nitrogens with zero attached hydrogens (tertiary/aromatic N) is 4. The smallest absolute Gasteiger partial charge is 0.358 e. The second-order valence-electron chi connectivity index (χ2n) is 3.09. The van der Waals surface area contributed by atoms with E-state index in [-0.39, 0.29) is 5.82 Å². The molecule has 1 aromatic heterocycles. The zero-order chi connectivity index (χ0) is 10.6. The zero-order valence-electron chi connectivity index (χ0n) is 8.43. The lowest BCUT2D eigenvalue weighted by atomic mass is 10.2. The first kappa shape index (κ1) is 10.6. The van der Waals surface area contributed by atoms with Gasteiger partial charge in [0.15, 0.2) is 5.69 Å². The van der Waals surface area contributed by atoms with E-state index >= 15 is 0 Å². The van der Waals surface area contributed by atoms with Gasteiger partial charge in [-0.1, -0.05) is 20.3 Å². The van der Waals surface area contributed by atoms with Crippen molar-refractivity contribution in [3.05, 3.63) is 15.8 Å². The molecule has 0 spiro atoms. The molecule has 0 radical (unpaired) electrons. The molecule has 0 atom stereocenters. The van der Waals surface area contributed by atoms with Crippen LogP contribution in [0.3, 0.4) is 0 Å². The van der Waals surface area contributed by atoms with Crippen molar-refractivity contribution in [2.75, 3.05) is 0 Å². The average molecular weight is 198 g/mol. The van der Waals surface area contributed by atoms with E-state index in [1.165, 1.54) is 4.68 Å². The van der Waals surface area contributed by atoms with Crippen molar-refractivity contribution < 1.29 is 4.92 Å². The first-order chi connectivity index (χ1) is 6.70. The van der Waals surface area contributed by atoms with Gasteiger partial charge in [-0.05, 0) is 17.8 Å². The summed E-state index contributed by atoms with van der Waals surface area (Å²) in [6, 6.07) is 0. The number of hydrogen-bond acceptors (Lipinski definition) is 4. The molecule has 0 fully saturated rings. The molecule has 78 valence electrons. The molecule has 0 unspecified atom stereocenters. The summed E-state index contributed by atoms with van der Waals surface area (Å²) in [6.07, 6.45) is 2.27. The summed E-state index contributed by atoms with van der Waals surface area (Å²) in [4.78, 5) is 10.4. The largest absolute Gasteiger partial charge is 0.368 e. The molecule has 0 amide bonds. The molecule has 14 heavy (non-hydrogen) atoms. The van der Waals surface area contributed by atoms with Gasteiger partial charge in [0.1, 0.15) is 6.54 Å². The van der Waals surface area contributed by atoms with Crippen molar-refractivity contribution in [2.45, 2.75) is 39.7 Å². The number of aromatic nitrogens is 3. The Morgan fingerprint density at radius 2 is 2.14 bits per heavy atom. The van der Waals surface area contributed by atoms with Gasteiger partial charge in [0.25, 0.3) is 0 Å². The van der Waals surface area contributed by atoms with E-state index in [0.29, 0.717) is 18.7 Å². The summed E-state index contributed by atoms with van der Waals surface area (Å²) in [5.41, 5.74) is 0.492. The minimum Gasteiger partial charge on any atom is -0.358 e. The van der Waals surface area contributed by atoms with Gasteiger partial charge >= 0.3 is 5.82 Å². The van der Waals surface area contributed by atoms with Gasteiger partial charge in [-0.25, -0.2) is 0 Å². The molecule has 0 saturated heterocycles. The molecule has 0 aliphatic heterocycles. The van der Waals surface area contributed by atoms with E-state index < -0.39 is 4.92 Å². The normalized spacial score (nSPS) is 10.4. The maximum Gasteiger partial charge on any atom is 0.368 e. The van der Waals surface area contributed by atoms with Gasteiger partial charge in [-0.15, -0.1) is 9.78 Å². The molecule has 0 N–H and O–H groups in total. The molecule has 0 bridgehead atoms. The van der Waals surface area contributed by atoms with Gasteiger partial charge in [0.2, 0.25) is 0 Å². The van der Waals surface area contributed by atoms with Crippen LogP contribution in [0, 0.1) is 10.1 Å². The lowest BCUT2D eigenvalue weighted by molar-refractivity contribution is -0.393. The van der Waals surface area contributed by atoms with E-state index in [0.717, 1.165) is 12.8 Å². The first-order valence-corrected chi connectivity index (χ1v) is 4.77. The van der Waals surface area contributed by atoms with E-state index in [1.54, 1.807) is 0 Å². The van der Waals surface area contributed by atoms with E-state index in [4.69, 9.17) is 0 Å². The van der Waals surface area contributed by atoms with Gasteiger partial charge in [0.05, 0.1) is 0 Å². The Morgan fingerprint density at radius 1 is 1.43 bits per heavy atom. The van der Waals surface area contributed by atoms with Gasteiger partial charge < -0.3 is 10.1 Å². The van der Waals surface area contributed by atoms with E-state index in [1.807, 2.05) is 13.8 Å². The number of nitro groups is 1. The second kappa shape index (κ2) is 4.69. The minimum absolute atomic E-state index is 0.0497. The van der Waals surface area contributed by atoms with Crippen LogP contribution in [-0.4, -0.2) is 19.9 Å². The SMILES string of the molecule is CCCc1nnn(CCC)c1[N+](=O)[O-]. The highest BCUT2D eigenvalue weighted by atomic mass is 16.6. The summed E-state index contributed by atoms with van der Waals surface area (Å²) in [7, 11) is 0. The Balaban J connectivity index is 3.00. The van der Waals surface area contributed by atoms with Crippen molar-refractivity contribution in [3.63, 3.8) is 0 Å². The van der Waals surface area contributed by atoms with Crippen molar-refractivity contribution >= 4 is 5.82 Å². The standard InChI is InChI=1S/C8H14N4O2/c1-3-5-7-8(12(13)14)11(6-4-2)10-9-7/h3-6H2,1-2H3.